The molecule has 3 amide bonds. The van der Waals surface area contributed by atoms with Crippen LogP contribution in [0.2, 0.25) is 0 Å². The Hall–Kier alpha value is -2.41. The summed E-state index contributed by atoms with van der Waals surface area (Å²) in [5.41, 5.74) is 1.89. The number of likely N-dealkylation sites (N-methyl/N-ethyl adjacent to an activating group) is 1. The van der Waals surface area contributed by atoms with Gasteiger partial charge in [0, 0.05) is 38.8 Å². The lowest BCUT2D eigenvalue weighted by molar-refractivity contribution is -0.862. The van der Waals surface area contributed by atoms with Crippen molar-refractivity contribution in [2.24, 2.45) is 0 Å². The van der Waals surface area contributed by atoms with Crippen LogP contribution in [-0.4, -0.2) is 73.8 Å². The molecule has 1 heterocycles. The van der Waals surface area contributed by atoms with Crippen LogP contribution in [0.15, 0.2) is 24.3 Å². The average Bonchev–Trinajstić information content (AvgIpc) is 2.56. The van der Waals surface area contributed by atoms with Crippen LogP contribution in [0.5, 0.6) is 0 Å². The van der Waals surface area contributed by atoms with Gasteiger partial charge in [-0.3, -0.25) is 14.4 Å². The Kier molecular flexibility index (Phi) is 6.52. The summed E-state index contributed by atoms with van der Waals surface area (Å²) in [4.78, 5) is 40.1. The molecule has 1 aromatic carbocycles. The number of carbonyl (C=O) groups is 3. The van der Waals surface area contributed by atoms with E-state index in [1.54, 1.807) is 16.7 Å². The first-order valence-electron chi connectivity index (χ1n) is 8.56. The lowest BCUT2D eigenvalue weighted by Crippen LogP contribution is -3.11. The van der Waals surface area contributed by atoms with Crippen LogP contribution < -0.4 is 10.2 Å². The minimum Gasteiger partial charge on any atom is -0.339 e. The molecule has 1 fully saturated rings. The predicted molar refractivity (Wildman–Crippen MR) is 95.3 cm³/mol. The molecule has 1 unspecified atom stereocenters. The third kappa shape index (κ3) is 5.86. The Morgan fingerprint density at radius 1 is 1.00 bits per heavy atom. The molecule has 1 atom stereocenters. The fourth-order valence-corrected chi connectivity index (χ4v) is 2.82. The Morgan fingerprint density at radius 3 is 2.12 bits per heavy atom. The molecule has 2 rings (SSSR count). The van der Waals surface area contributed by atoms with E-state index in [0.717, 1.165) is 16.2 Å². The van der Waals surface area contributed by atoms with E-state index < -0.39 is 0 Å². The van der Waals surface area contributed by atoms with E-state index >= 15 is 0 Å². The molecule has 0 spiro atoms. The Bertz CT molecular complexity index is 622. The van der Waals surface area contributed by atoms with Crippen LogP contribution in [-0.2, 0) is 14.4 Å². The Morgan fingerprint density at radius 2 is 1.56 bits per heavy atom. The molecule has 0 aromatic heterocycles. The maximum atomic E-state index is 12.3. The summed E-state index contributed by atoms with van der Waals surface area (Å²) in [5, 5.41) is 2.84. The van der Waals surface area contributed by atoms with Gasteiger partial charge in [-0.25, -0.2) is 0 Å². The van der Waals surface area contributed by atoms with E-state index in [-0.39, 0.29) is 30.8 Å². The SMILES string of the molecule is CC(=O)N1CCN(C(=O)C[NH+](C)CC(=O)Nc2ccc(C)cc2)CC1. The maximum absolute atomic E-state index is 12.3. The van der Waals surface area contributed by atoms with Crippen LogP contribution in [0.3, 0.4) is 0 Å². The fraction of sp³-hybridized carbons (Fsp3) is 0.500. The second kappa shape index (κ2) is 8.62. The lowest BCUT2D eigenvalue weighted by Gasteiger charge is -2.34. The van der Waals surface area contributed by atoms with Gasteiger partial charge < -0.3 is 20.0 Å². The van der Waals surface area contributed by atoms with E-state index in [1.165, 1.54) is 0 Å². The summed E-state index contributed by atoms with van der Waals surface area (Å²) in [7, 11) is 1.83. The number of benzene rings is 1. The summed E-state index contributed by atoms with van der Waals surface area (Å²) in [5.74, 6) is -0.0537. The van der Waals surface area contributed by atoms with Gasteiger partial charge in [0.15, 0.2) is 13.1 Å². The molecular weight excluding hydrogens is 320 g/mol. The summed E-state index contributed by atoms with van der Waals surface area (Å²) >= 11 is 0. The van der Waals surface area contributed by atoms with E-state index in [9.17, 15) is 14.4 Å². The van der Waals surface area contributed by atoms with Crippen LogP contribution in [0, 0.1) is 6.92 Å². The van der Waals surface area contributed by atoms with Crippen molar-refractivity contribution in [3.8, 4) is 0 Å². The molecule has 136 valence electrons. The van der Waals surface area contributed by atoms with Crippen molar-refractivity contribution < 1.29 is 19.3 Å². The van der Waals surface area contributed by atoms with Gasteiger partial charge >= 0.3 is 0 Å². The number of nitrogens with one attached hydrogen (secondary N) is 2. The smallest absolute Gasteiger partial charge is 0.279 e. The standard InChI is InChI=1S/C18H26N4O3/c1-14-4-6-16(7-5-14)19-17(24)12-20(3)13-18(25)22-10-8-21(9-11-22)15(2)23/h4-7H,8-13H2,1-3H3,(H,19,24)/p+1. The van der Waals surface area contributed by atoms with Gasteiger partial charge in [0.2, 0.25) is 5.91 Å². The van der Waals surface area contributed by atoms with Gasteiger partial charge in [-0.15, -0.1) is 0 Å². The van der Waals surface area contributed by atoms with E-state index in [2.05, 4.69) is 5.32 Å². The zero-order valence-electron chi connectivity index (χ0n) is 15.2. The molecule has 0 saturated carbocycles. The third-order valence-corrected chi connectivity index (χ3v) is 4.33. The second-order valence-electron chi connectivity index (χ2n) is 6.61. The highest BCUT2D eigenvalue weighted by atomic mass is 16.2. The summed E-state index contributed by atoms with van der Waals surface area (Å²) in [6.07, 6.45) is 0. The molecule has 1 saturated heterocycles. The number of aryl methyl sites for hydroxylation is 1. The number of hydrogen-bond acceptors (Lipinski definition) is 3. The molecule has 1 aromatic rings. The molecule has 25 heavy (non-hydrogen) atoms. The number of nitrogens with zero attached hydrogens (tertiary/aromatic N) is 2. The summed E-state index contributed by atoms with van der Waals surface area (Å²) < 4.78 is 0. The summed E-state index contributed by atoms with van der Waals surface area (Å²) in [6.45, 7) is 6.30. The highest BCUT2D eigenvalue weighted by Gasteiger charge is 2.24. The minimum atomic E-state index is -0.115. The zero-order valence-corrected chi connectivity index (χ0v) is 15.2. The molecule has 0 bridgehead atoms. The van der Waals surface area contributed by atoms with Gasteiger partial charge in [0.25, 0.3) is 11.8 Å². The predicted octanol–water partition coefficient (Wildman–Crippen LogP) is -0.861. The number of amides is 3. The molecule has 1 aliphatic rings. The van der Waals surface area contributed by atoms with Crippen molar-refractivity contribution in [3.05, 3.63) is 29.8 Å². The maximum Gasteiger partial charge on any atom is 0.279 e. The van der Waals surface area contributed by atoms with Crippen molar-refractivity contribution in [2.75, 3.05) is 51.6 Å². The molecular formula is C18H27N4O3+. The van der Waals surface area contributed by atoms with Crippen molar-refractivity contribution in [2.45, 2.75) is 13.8 Å². The average molecular weight is 347 g/mol. The van der Waals surface area contributed by atoms with Gasteiger partial charge in [-0.2, -0.15) is 0 Å². The monoisotopic (exact) mass is 347 g/mol. The van der Waals surface area contributed by atoms with E-state index in [0.29, 0.717) is 26.2 Å². The molecule has 0 aliphatic carbocycles. The number of piperazine rings is 1. The van der Waals surface area contributed by atoms with Crippen LogP contribution in [0.4, 0.5) is 5.69 Å². The van der Waals surface area contributed by atoms with Crippen molar-refractivity contribution >= 4 is 23.4 Å². The van der Waals surface area contributed by atoms with Crippen LogP contribution in [0.25, 0.3) is 0 Å². The first-order chi connectivity index (χ1) is 11.8. The van der Waals surface area contributed by atoms with Crippen molar-refractivity contribution in [1.82, 2.24) is 9.80 Å². The minimum absolute atomic E-state index is 0.0174. The number of carbonyl (C=O) groups excluding carboxylic acids is 3. The normalized spacial score (nSPS) is 15.6. The summed E-state index contributed by atoms with van der Waals surface area (Å²) in [6, 6.07) is 7.61. The fourth-order valence-electron chi connectivity index (χ4n) is 2.82. The van der Waals surface area contributed by atoms with Crippen LogP contribution >= 0.6 is 0 Å². The second-order valence-corrected chi connectivity index (χ2v) is 6.61. The molecule has 1 aliphatic heterocycles. The first-order valence-corrected chi connectivity index (χ1v) is 8.56. The highest BCUT2D eigenvalue weighted by Crippen LogP contribution is 2.07. The molecule has 7 heteroatoms. The highest BCUT2D eigenvalue weighted by molar-refractivity contribution is 5.91. The van der Waals surface area contributed by atoms with Crippen LogP contribution in [0.1, 0.15) is 12.5 Å². The van der Waals surface area contributed by atoms with Gasteiger partial charge in [-0.1, -0.05) is 17.7 Å². The van der Waals surface area contributed by atoms with E-state index in [4.69, 9.17) is 0 Å². The molecule has 7 nitrogen and oxygen atoms in total. The van der Waals surface area contributed by atoms with Gasteiger partial charge in [-0.05, 0) is 19.1 Å². The number of rotatable bonds is 5. The Balaban J connectivity index is 1.74. The van der Waals surface area contributed by atoms with Gasteiger partial charge in [0.1, 0.15) is 0 Å². The number of hydrogen-bond donors (Lipinski definition) is 2. The van der Waals surface area contributed by atoms with Crippen molar-refractivity contribution in [3.63, 3.8) is 0 Å². The molecule has 0 radical (unpaired) electrons. The number of quaternary nitrogens is 1. The number of anilines is 1. The lowest BCUT2D eigenvalue weighted by atomic mass is 10.2. The van der Waals surface area contributed by atoms with E-state index in [1.807, 2.05) is 38.2 Å². The largest absolute Gasteiger partial charge is 0.339 e. The first kappa shape index (κ1) is 18.9. The molecule has 2 N–H and O–H groups in total. The van der Waals surface area contributed by atoms with Crippen molar-refractivity contribution in [1.29, 1.82) is 0 Å². The Labute approximate surface area is 148 Å². The van der Waals surface area contributed by atoms with Gasteiger partial charge in [0.05, 0.1) is 7.05 Å². The third-order valence-electron chi connectivity index (χ3n) is 4.33. The quantitative estimate of drug-likeness (QED) is 0.728. The zero-order chi connectivity index (χ0) is 18.4. The topological polar surface area (TPSA) is 74.2 Å².